The number of carbonyl (C=O) groups is 2. The van der Waals surface area contributed by atoms with Crippen LogP contribution in [-0.2, 0) is 45.7 Å². The number of furan rings is 1. The van der Waals surface area contributed by atoms with E-state index in [4.69, 9.17) is 4.42 Å². The van der Waals surface area contributed by atoms with Crippen LogP contribution in [0.25, 0.3) is 0 Å². The van der Waals surface area contributed by atoms with Gasteiger partial charge in [0, 0.05) is 19.5 Å². The van der Waals surface area contributed by atoms with Crippen molar-refractivity contribution >= 4 is 21.8 Å². The number of sulfonamides is 1. The molecule has 0 aliphatic heterocycles. The second-order valence-electron chi connectivity index (χ2n) is 9.53. The van der Waals surface area contributed by atoms with Crippen LogP contribution >= 0.6 is 0 Å². The molecule has 0 saturated carbocycles. The summed E-state index contributed by atoms with van der Waals surface area (Å²) in [6, 6.07) is 30.5. The SMILES string of the molecule is CS(=O)(=O)N(CC(=O)N(Cc1ccccc1)[C@@H](Cc1ccccc1)C(=O)NCc1ccco1)Cc1ccccc1. The second-order valence-corrected chi connectivity index (χ2v) is 11.5. The Hall–Kier alpha value is -4.21. The third-order valence-corrected chi connectivity index (χ3v) is 7.66. The van der Waals surface area contributed by atoms with E-state index in [-0.39, 0.29) is 32.0 Å². The Morgan fingerprint density at radius 1 is 0.775 bits per heavy atom. The summed E-state index contributed by atoms with van der Waals surface area (Å²) in [7, 11) is -3.74. The van der Waals surface area contributed by atoms with Crippen LogP contribution in [0, 0.1) is 0 Å². The molecule has 9 heteroatoms. The van der Waals surface area contributed by atoms with Gasteiger partial charge >= 0.3 is 0 Å². The van der Waals surface area contributed by atoms with E-state index in [2.05, 4.69) is 5.32 Å². The van der Waals surface area contributed by atoms with Crippen LogP contribution in [0.3, 0.4) is 0 Å². The molecule has 0 fully saturated rings. The van der Waals surface area contributed by atoms with Crippen LogP contribution in [0.5, 0.6) is 0 Å². The third kappa shape index (κ3) is 8.39. The lowest BCUT2D eigenvalue weighted by Gasteiger charge is -2.33. The lowest BCUT2D eigenvalue weighted by atomic mass is 10.0. The highest BCUT2D eigenvalue weighted by atomic mass is 32.2. The first kappa shape index (κ1) is 28.8. The van der Waals surface area contributed by atoms with Crippen LogP contribution in [0.1, 0.15) is 22.5 Å². The Morgan fingerprint density at radius 3 is 1.85 bits per heavy atom. The molecule has 0 bridgehead atoms. The smallest absolute Gasteiger partial charge is 0.243 e. The molecule has 4 aromatic rings. The first-order valence-corrected chi connectivity index (χ1v) is 14.8. The van der Waals surface area contributed by atoms with Crippen molar-refractivity contribution in [1.82, 2.24) is 14.5 Å². The molecule has 0 radical (unpaired) electrons. The monoisotopic (exact) mass is 559 g/mol. The largest absolute Gasteiger partial charge is 0.467 e. The summed E-state index contributed by atoms with van der Waals surface area (Å²) < 4.78 is 32.0. The molecule has 3 aromatic carbocycles. The summed E-state index contributed by atoms with van der Waals surface area (Å²) in [6.07, 6.45) is 2.87. The minimum atomic E-state index is -3.74. The average molecular weight is 560 g/mol. The van der Waals surface area contributed by atoms with Gasteiger partial charge in [0.2, 0.25) is 21.8 Å². The molecule has 1 atom stereocenters. The van der Waals surface area contributed by atoms with Gasteiger partial charge in [0.25, 0.3) is 0 Å². The van der Waals surface area contributed by atoms with Crippen molar-refractivity contribution in [3.8, 4) is 0 Å². The maximum absolute atomic E-state index is 14.0. The number of carbonyl (C=O) groups excluding carboxylic acids is 2. The first-order valence-electron chi connectivity index (χ1n) is 13.0. The van der Waals surface area contributed by atoms with Crippen LogP contribution in [0.2, 0.25) is 0 Å². The molecule has 208 valence electrons. The van der Waals surface area contributed by atoms with Crippen LogP contribution in [0.15, 0.2) is 114 Å². The molecule has 0 aliphatic rings. The Morgan fingerprint density at radius 2 is 1.32 bits per heavy atom. The highest BCUT2D eigenvalue weighted by molar-refractivity contribution is 7.88. The number of rotatable bonds is 13. The molecule has 0 unspecified atom stereocenters. The molecular formula is C31H33N3O5S. The van der Waals surface area contributed by atoms with Gasteiger partial charge in [0.1, 0.15) is 11.8 Å². The zero-order valence-electron chi connectivity index (χ0n) is 22.3. The standard InChI is InChI=1S/C31H33N3O5S/c1-40(37,38)33(22-26-14-7-3-8-15-26)24-30(35)34(23-27-16-9-4-10-17-27)29(20-25-12-5-2-6-13-25)31(36)32-21-28-18-11-19-39-28/h2-19,29H,20-24H2,1H3,(H,32,36)/t29-/m0/s1. The van der Waals surface area contributed by atoms with Gasteiger partial charge in [-0.15, -0.1) is 0 Å². The summed E-state index contributed by atoms with van der Waals surface area (Å²) in [5, 5.41) is 2.89. The van der Waals surface area contributed by atoms with Crippen LogP contribution in [-0.4, -0.2) is 48.3 Å². The summed E-state index contributed by atoms with van der Waals surface area (Å²) in [4.78, 5) is 29.1. The van der Waals surface area contributed by atoms with Crippen molar-refractivity contribution in [2.24, 2.45) is 0 Å². The van der Waals surface area contributed by atoms with Gasteiger partial charge in [0.05, 0.1) is 25.6 Å². The van der Waals surface area contributed by atoms with Crippen molar-refractivity contribution in [3.63, 3.8) is 0 Å². The molecule has 1 N–H and O–H groups in total. The Bertz CT molecular complexity index is 1460. The zero-order chi connectivity index (χ0) is 28.4. The van der Waals surface area contributed by atoms with E-state index in [1.807, 2.05) is 91.0 Å². The molecule has 2 amide bonds. The lowest BCUT2D eigenvalue weighted by molar-refractivity contribution is -0.141. The van der Waals surface area contributed by atoms with Gasteiger partial charge in [-0.25, -0.2) is 8.42 Å². The van der Waals surface area contributed by atoms with Gasteiger partial charge in [-0.1, -0.05) is 91.0 Å². The van der Waals surface area contributed by atoms with E-state index in [1.165, 1.54) is 11.2 Å². The number of hydrogen-bond acceptors (Lipinski definition) is 5. The first-order chi connectivity index (χ1) is 19.3. The van der Waals surface area contributed by atoms with Gasteiger partial charge in [-0.05, 0) is 28.8 Å². The van der Waals surface area contributed by atoms with Crippen LogP contribution < -0.4 is 5.32 Å². The summed E-state index contributed by atoms with van der Waals surface area (Å²) in [6.45, 7) is -0.0712. The minimum Gasteiger partial charge on any atom is -0.467 e. The zero-order valence-corrected chi connectivity index (χ0v) is 23.2. The van der Waals surface area contributed by atoms with Gasteiger partial charge in [-0.2, -0.15) is 4.31 Å². The molecule has 4 rings (SSSR count). The molecular weight excluding hydrogens is 526 g/mol. The molecule has 0 spiro atoms. The predicted molar refractivity (Wildman–Crippen MR) is 153 cm³/mol. The number of amides is 2. The second kappa shape index (κ2) is 13.7. The van der Waals surface area contributed by atoms with Gasteiger partial charge in [0.15, 0.2) is 0 Å². The Kier molecular flexibility index (Phi) is 9.88. The molecule has 1 heterocycles. The van der Waals surface area contributed by atoms with E-state index in [0.29, 0.717) is 5.76 Å². The maximum Gasteiger partial charge on any atom is 0.243 e. The molecule has 8 nitrogen and oxygen atoms in total. The van der Waals surface area contributed by atoms with Crippen molar-refractivity contribution < 1.29 is 22.4 Å². The van der Waals surface area contributed by atoms with E-state index in [0.717, 1.165) is 27.3 Å². The number of nitrogens with zero attached hydrogens (tertiary/aromatic N) is 2. The normalized spacial score (nSPS) is 12.2. The fourth-order valence-electron chi connectivity index (χ4n) is 4.36. The molecule has 0 aliphatic carbocycles. The third-order valence-electron chi connectivity index (χ3n) is 6.47. The Balaban J connectivity index is 1.65. The van der Waals surface area contributed by atoms with E-state index >= 15 is 0 Å². The van der Waals surface area contributed by atoms with Crippen molar-refractivity contribution in [2.75, 3.05) is 12.8 Å². The highest BCUT2D eigenvalue weighted by Crippen LogP contribution is 2.17. The molecule has 1 aromatic heterocycles. The summed E-state index contributed by atoms with van der Waals surface area (Å²) >= 11 is 0. The minimum absolute atomic E-state index is 0.0403. The van der Waals surface area contributed by atoms with Gasteiger partial charge < -0.3 is 14.6 Å². The number of benzene rings is 3. The molecule has 40 heavy (non-hydrogen) atoms. The number of hydrogen-bond donors (Lipinski definition) is 1. The lowest BCUT2D eigenvalue weighted by Crippen LogP contribution is -2.53. The fraction of sp³-hybridized carbons (Fsp3) is 0.226. The number of nitrogens with one attached hydrogen (secondary N) is 1. The van der Waals surface area contributed by atoms with Crippen LogP contribution in [0.4, 0.5) is 0 Å². The van der Waals surface area contributed by atoms with Crippen molar-refractivity contribution in [3.05, 3.63) is 132 Å². The van der Waals surface area contributed by atoms with E-state index in [9.17, 15) is 18.0 Å². The van der Waals surface area contributed by atoms with Gasteiger partial charge in [-0.3, -0.25) is 9.59 Å². The average Bonchev–Trinajstić information content (AvgIpc) is 3.48. The van der Waals surface area contributed by atoms with Crippen molar-refractivity contribution in [2.45, 2.75) is 32.1 Å². The summed E-state index contributed by atoms with van der Waals surface area (Å²) in [5.41, 5.74) is 2.45. The molecule has 0 saturated heterocycles. The summed E-state index contributed by atoms with van der Waals surface area (Å²) in [5.74, 6) is -0.253. The van der Waals surface area contributed by atoms with E-state index < -0.39 is 28.5 Å². The van der Waals surface area contributed by atoms with Crippen molar-refractivity contribution in [1.29, 1.82) is 0 Å². The maximum atomic E-state index is 14.0. The predicted octanol–water partition coefficient (Wildman–Crippen LogP) is 4.00. The quantitative estimate of drug-likeness (QED) is 0.267. The van der Waals surface area contributed by atoms with E-state index in [1.54, 1.807) is 12.1 Å². The fourth-order valence-corrected chi connectivity index (χ4v) is 5.09. The highest BCUT2D eigenvalue weighted by Gasteiger charge is 2.33. The topological polar surface area (TPSA) is 99.9 Å². The Labute approximate surface area is 235 Å².